The molecular formula is C23H23NO2. The number of benzene rings is 3. The van der Waals surface area contributed by atoms with Crippen LogP contribution in [0.1, 0.15) is 34.5 Å². The molecule has 0 N–H and O–H groups in total. The molecule has 0 fully saturated rings. The highest BCUT2D eigenvalue weighted by atomic mass is 16.5. The summed E-state index contributed by atoms with van der Waals surface area (Å²) in [5.74, 6) is 0.673. The highest BCUT2D eigenvalue weighted by Gasteiger charge is 2.26. The van der Waals surface area contributed by atoms with Crippen molar-refractivity contribution in [2.75, 3.05) is 13.7 Å². The van der Waals surface area contributed by atoms with Crippen LogP contribution in [-0.4, -0.2) is 24.5 Å². The molecule has 0 saturated heterocycles. The molecule has 3 aromatic carbocycles. The van der Waals surface area contributed by atoms with Gasteiger partial charge in [-0.2, -0.15) is 0 Å². The maximum Gasteiger partial charge on any atom is 0.254 e. The molecule has 3 heteroatoms. The van der Waals surface area contributed by atoms with Crippen molar-refractivity contribution in [3.8, 4) is 5.75 Å². The number of ether oxygens (including phenoxy) is 1. The van der Waals surface area contributed by atoms with Gasteiger partial charge in [-0.15, -0.1) is 0 Å². The van der Waals surface area contributed by atoms with Crippen LogP contribution in [0.15, 0.2) is 84.9 Å². The zero-order chi connectivity index (χ0) is 18.4. The van der Waals surface area contributed by atoms with Gasteiger partial charge in [0.25, 0.3) is 5.91 Å². The van der Waals surface area contributed by atoms with Crippen LogP contribution in [0.4, 0.5) is 0 Å². The standard InChI is InChI=1S/C23H23NO2/c1-3-24(23(25)20-15-10-16-21(17-20)26-2)22(18-11-6-4-7-12-18)19-13-8-5-9-14-19/h4-17,22H,3H2,1-2H3. The van der Waals surface area contributed by atoms with Gasteiger partial charge in [-0.05, 0) is 36.2 Å². The molecule has 0 aliphatic carbocycles. The first kappa shape index (κ1) is 17.7. The summed E-state index contributed by atoms with van der Waals surface area (Å²) in [4.78, 5) is 15.2. The first-order chi connectivity index (χ1) is 12.7. The van der Waals surface area contributed by atoms with E-state index in [1.54, 1.807) is 13.2 Å². The molecule has 132 valence electrons. The summed E-state index contributed by atoms with van der Waals surface area (Å²) in [5.41, 5.74) is 2.82. The molecular weight excluding hydrogens is 322 g/mol. The van der Waals surface area contributed by atoms with E-state index in [9.17, 15) is 4.79 Å². The van der Waals surface area contributed by atoms with Gasteiger partial charge in [0.15, 0.2) is 0 Å². The van der Waals surface area contributed by atoms with Gasteiger partial charge in [-0.3, -0.25) is 4.79 Å². The van der Waals surface area contributed by atoms with Crippen LogP contribution in [0.3, 0.4) is 0 Å². The fraction of sp³-hybridized carbons (Fsp3) is 0.174. The fourth-order valence-corrected chi connectivity index (χ4v) is 3.19. The number of nitrogens with zero attached hydrogens (tertiary/aromatic N) is 1. The zero-order valence-corrected chi connectivity index (χ0v) is 15.1. The summed E-state index contributed by atoms with van der Waals surface area (Å²) >= 11 is 0. The Balaban J connectivity index is 2.04. The lowest BCUT2D eigenvalue weighted by molar-refractivity contribution is 0.0716. The van der Waals surface area contributed by atoms with Crippen molar-refractivity contribution in [1.82, 2.24) is 4.90 Å². The number of hydrogen-bond acceptors (Lipinski definition) is 2. The molecule has 1 amide bonds. The fourth-order valence-electron chi connectivity index (χ4n) is 3.19. The third-order valence-corrected chi connectivity index (χ3v) is 4.46. The highest BCUT2D eigenvalue weighted by molar-refractivity contribution is 5.95. The highest BCUT2D eigenvalue weighted by Crippen LogP contribution is 2.30. The molecule has 0 saturated carbocycles. The van der Waals surface area contributed by atoms with E-state index in [-0.39, 0.29) is 11.9 Å². The quantitative estimate of drug-likeness (QED) is 0.633. The van der Waals surface area contributed by atoms with Gasteiger partial charge in [-0.25, -0.2) is 0 Å². The van der Waals surface area contributed by atoms with Crippen molar-refractivity contribution in [2.45, 2.75) is 13.0 Å². The van der Waals surface area contributed by atoms with E-state index in [0.29, 0.717) is 17.9 Å². The third-order valence-electron chi connectivity index (χ3n) is 4.46. The van der Waals surface area contributed by atoms with Crippen LogP contribution < -0.4 is 4.74 Å². The normalized spacial score (nSPS) is 10.6. The molecule has 0 aromatic heterocycles. The second-order valence-corrected chi connectivity index (χ2v) is 6.05. The first-order valence-electron chi connectivity index (χ1n) is 8.79. The van der Waals surface area contributed by atoms with Crippen LogP contribution in [0.5, 0.6) is 5.75 Å². The molecule has 0 radical (unpaired) electrons. The molecule has 0 bridgehead atoms. The predicted octanol–water partition coefficient (Wildman–Crippen LogP) is 4.95. The lowest BCUT2D eigenvalue weighted by Gasteiger charge is -2.32. The number of hydrogen-bond donors (Lipinski definition) is 0. The number of methoxy groups -OCH3 is 1. The number of amides is 1. The van der Waals surface area contributed by atoms with E-state index in [4.69, 9.17) is 4.74 Å². The van der Waals surface area contributed by atoms with Crippen LogP contribution in [0.2, 0.25) is 0 Å². The van der Waals surface area contributed by atoms with Gasteiger partial charge in [0.1, 0.15) is 5.75 Å². The van der Waals surface area contributed by atoms with E-state index in [0.717, 1.165) is 11.1 Å². The summed E-state index contributed by atoms with van der Waals surface area (Å²) in [7, 11) is 1.61. The molecule has 0 spiro atoms. The average molecular weight is 345 g/mol. The minimum atomic E-state index is -0.138. The van der Waals surface area contributed by atoms with Crippen molar-refractivity contribution in [3.63, 3.8) is 0 Å². The Labute approximate surface area is 154 Å². The maximum absolute atomic E-state index is 13.3. The molecule has 3 rings (SSSR count). The number of carbonyl (C=O) groups is 1. The van der Waals surface area contributed by atoms with Crippen molar-refractivity contribution in [1.29, 1.82) is 0 Å². The summed E-state index contributed by atoms with van der Waals surface area (Å²) in [6.45, 7) is 2.61. The molecule has 0 unspecified atom stereocenters. The minimum Gasteiger partial charge on any atom is -0.497 e. The van der Waals surface area contributed by atoms with Crippen molar-refractivity contribution in [2.24, 2.45) is 0 Å². The lowest BCUT2D eigenvalue weighted by atomic mass is 9.96. The zero-order valence-electron chi connectivity index (χ0n) is 15.1. The van der Waals surface area contributed by atoms with Gasteiger partial charge >= 0.3 is 0 Å². The Morgan fingerprint density at radius 3 is 1.96 bits per heavy atom. The minimum absolute atomic E-state index is 0.0101. The molecule has 0 aliphatic heterocycles. The van der Waals surface area contributed by atoms with Gasteiger partial charge in [0, 0.05) is 12.1 Å². The summed E-state index contributed by atoms with van der Waals surface area (Å²) in [5, 5.41) is 0. The Morgan fingerprint density at radius 1 is 0.885 bits per heavy atom. The van der Waals surface area contributed by atoms with Crippen LogP contribution in [-0.2, 0) is 0 Å². The number of carbonyl (C=O) groups excluding carboxylic acids is 1. The molecule has 0 heterocycles. The Bertz CT molecular complexity index is 807. The van der Waals surface area contributed by atoms with Gasteiger partial charge in [0.2, 0.25) is 0 Å². The van der Waals surface area contributed by atoms with Crippen LogP contribution >= 0.6 is 0 Å². The summed E-state index contributed by atoms with van der Waals surface area (Å²) in [6.07, 6.45) is 0. The summed E-state index contributed by atoms with van der Waals surface area (Å²) < 4.78 is 5.28. The average Bonchev–Trinajstić information content (AvgIpc) is 2.72. The predicted molar refractivity (Wildman–Crippen MR) is 104 cm³/mol. The summed E-state index contributed by atoms with van der Waals surface area (Å²) in [6, 6.07) is 27.5. The van der Waals surface area contributed by atoms with Gasteiger partial charge in [-0.1, -0.05) is 66.7 Å². The van der Waals surface area contributed by atoms with Crippen molar-refractivity contribution >= 4 is 5.91 Å². The topological polar surface area (TPSA) is 29.5 Å². The SMILES string of the molecule is CCN(C(=O)c1cccc(OC)c1)C(c1ccccc1)c1ccccc1. The Kier molecular flexibility index (Phi) is 5.69. The first-order valence-corrected chi connectivity index (χ1v) is 8.79. The van der Waals surface area contributed by atoms with E-state index < -0.39 is 0 Å². The molecule has 3 nitrogen and oxygen atoms in total. The second kappa shape index (κ2) is 8.34. The van der Waals surface area contributed by atoms with Gasteiger partial charge in [0.05, 0.1) is 13.2 Å². The Hall–Kier alpha value is -3.07. The molecule has 0 aliphatic rings. The van der Waals surface area contributed by atoms with E-state index in [2.05, 4.69) is 24.3 Å². The monoisotopic (exact) mass is 345 g/mol. The van der Waals surface area contributed by atoms with E-state index >= 15 is 0 Å². The van der Waals surface area contributed by atoms with E-state index in [1.165, 1.54) is 0 Å². The largest absolute Gasteiger partial charge is 0.497 e. The lowest BCUT2D eigenvalue weighted by Crippen LogP contribution is -2.35. The number of rotatable bonds is 6. The van der Waals surface area contributed by atoms with Gasteiger partial charge < -0.3 is 9.64 Å². The second-order valence-electron chi connectivity index (χ2n) is 6.05. The van der Waals surface area contributed by atoms with Crippen LogP contribution in [0, 0.1) is 0 Å². The molecule has 3 aromatic rings. The van der Waals surface area contributed by atoms with Crippen molar-refractivity contribution < 1.29 is 9.53 Å². The smallest absolute Gasteiger partial charge is 0.254 e. The third kappa shape index (κ3) is 3.77. The van der Waals surface area contributed by atoms with Crippen LogP contribution in [0.25, 0.3) is 0 Å². The van der Waals surface area contributed by atoms with Crippen molar-refractivity contribution in [3.05, 3.63) is 102 Å². The molecule has 0 atom stereocenters. The Morgan fingerprint density at radius 2 is 1.46 bits per heavy atom. The maximum atomic E-state index is 13.3. The molecule has 26 heavy (non-hydrogen) atoms. The van der Waals surface area contributed by atoms with E-state index in [1.807, 2.05) is 66.4 Å².